The third-order valence-electron chi connectivity index (χ3n) is 2.02. The van der Waals surface area contributed by atoms with Gasteiger partial charge in [-0.3, -0.25) is 9.59 Å². The van der Waals surface area contributed by atoms with Gasteiger partial charge in [-0.25, -0.2) is 9.38 Å². The summed E-state index contributed by atoms with van der Waals surface area (Å²) in [5.74, 6) is -1.06. The molecule has 14 heavy (non-hydrogen) atoms. The lowest BCUT2D eigenvalue weighted by Gasteiger charge is -2.12. The molecule has 0 N–H and O–H groups in total. The predicted octanol–water partition coefficient (Wildman–Crippen LogP) is -0.466. The minimum absolute atomic E-state index is 0.0330. The number of benzene rings is 1. The highest BCUT2D eigenvalue weighted by Gasteiger charge is 2.37. The zero-order chi connectivity index (χ0) is 10.2. The Balaban J connectivity index is 2.79. The molecular formula is C10H6FNO2. The third kappa shape index (κ3) is 1.16. The van der Waals surface area contributed by atoms with Crippen LogP contribution in [0.25, 0.3) is 6.08 Å². The van der Waals surface area contributed by atoms with E-state index < -0.39 is 11.6 Å². The van der Waals surface area contributed by atoms with E-state index in [9.17, 15) is 14.0 Å². The maximum Gasteiger partial charge on any atom is 0.295 e. The minimum Gasteiger partial charge on any atom is -0.299 e. The van der Waals surface area contributed by atoms with E-state index in [1.807, 2.05) is 0 Å². The largest absolute Gasteiger partial charge is 0.299 e. The van der Waals surface area contributed by atoms with Crippen LogP contribution in [0.5, 0.6) is 0 Å². The molecule has 0 aromatic heterocycles. The van der Waals surface area contributed by atoms with Gasteiger partial charge in [-0.05, 0) is 12.1 Å². The van der Waals surface area contributed by atoms with E-state index in [4.69, 9.17) is 0 Å². The molecule has 2 rings (SSSR count). The number of para-hydroxylation sites is 1. The first kappa shape index (κ1) is 8.74. The lowest BCUT2D eigenvalue weighted by atomic mass is 10.0. The number of amides is 1. The number of carbonyl (C=O) groups excluding carboxylic acids is 2. The molecule has 4 heteroatoms. The summed E-state index contributed by atoms with van der Waals surface area (Å²) in [6, 6.07) is 6.57. The van der Waals surface area contributed by atoms with Crippen molar-refractivity contribution in [2.24, 2.45) is 4.99 Å². The van der Waals surface area contributed by atoms with Crippen LogP contribution in [0.1, 0.15) is 0 Å². The molecular weight excluding hydrogens is 185 g/mol. The van der Waals surface area contributed by atoms with E-state index in [0.717, 1.165) is 6.08 Å². The van der Waals surface area contributed by atoms with E-state index in [-0.39, 0.29) is 6.29 Å². The average Bonchev–Trinajstić information content (AvgIpc) is 2.20. The van der Waals surface area contributed by atoms with Gasteiger partial charge in [-0.1, -0.05) is 18.2 Å². The van der Waals surface area contributed by atoms with Crippen LogP contribution in [0, 0.1) is 0 Å². The van der Waals surface area contributed by atoms with Gasteiger partial charge in [0.05, 0.1) is 5.36 Å². The zero-order valence-corrected chi connectivity index (χ0v) is 7.11. The van der Waals surface area contributed by atoms with Crippen molar-refractivity contribution in [3.05, 3.63) is 34.8 Å². The van der Waals surface area contributed by atoms with Crippen molar-refractivity contribution in [2.75, 3.05) is 0 Å². The maximum atomic E-state index is 13.5. The summed E-state index contributed by atoms with van der Waals surface area (Å²) in [5.41, 5.74) is -2.59. The third-order valence-corrected chi connectivity index (χ3v) is 2.02. The summed E-state index contributed by atoms with van der Waals surface area (Å²) in [7, 11) is 0. The number of carbonyl (C=O) groups is 2. The van der Waals surface area contributed by atoms with Crippen molar-refractivity contribution >= 4 is 18.3 Å². The number of alkyl halides is 1. The molecule has 1 aliphatic rings. The fourth-order valence-electron chi connectivity index (χ4n) is 1.28. The van der Waals surface area contributed by atoms with Crippen molar-refractivity contribution in [3.8, 4) is 0 Å². The smallest absolute Gasteiger partial charge is 0.295 e. The van der Waals surface area contributed by atoms with E-state index in [0.29, 0.717) is 10.6 Å². The summed E-state index contributed by atoms with van der Waals surface area (Å²) in [6.07, 6.45) is 0.958. The number of nitrogens with zero attached hydrogens (tertiary/aromatic N) is 1. The number of halogens is 1. The summed E-state index contributed by atoms with van der Waals surface area (Å²) in [6.45, 7) is 0. The number of aldehydes is 1. The molecule has 1 atom stereocenters. The van der Waals surface area contributed by atoms with Gasteiger partial charge in [0.2, 0.25) is 0 Å². The lowest BCUT2D eigenvalue weighted by molar-refractivity contribution is -0.131. The van der Waals surface area contributed by atoms with E-state index in [2.05, 4.69) is 4.99 Å². The molecule has 1 amide bonds. The van der Waals surface area contributed by atoms with Gasteiger partial charge >= 0.3 is 0 Å². The van der Waals surface area contributed by atoms with Gasteiger partial charge in [0.25, 0.3) is 11.6 Å². The number of rotatable bonds is 1. The Labute approximate surface area is 78.6 Å². The summed E-state index contributed by atoms with van der Waals surface area (Å²) >= 11 is 0. The summed E-state index contributed by atoms with van der Waals surface area (Å²) < 4.78 is 13.5. The second-order valence-electron chi connectivity index (χ2n) is 3.01. The van der Waals surface area contributed by atoms with Gasteiger partial charge in [0.1, 0.15) is 0 Å². The van der Waals surface area contributed by atoms with E-state index in [1.54, 1.807) is 24.3 Å². The standard InChI is InChI=1S/C10H6FNO2/c11-10(6-13)5-7-3-1-2-4-8(7)12-9(10)14/h1-6H. The van der Waals surface area contributed by atoms with E-state index in [1.165, 1.54) is 0 Å². The Morgan fingerprint density at radius 3 is 2.79 bits per heavy atom. The zero-order valence-electron chi connectivity index (χ0n) is 7.11. The Hall–Kier alpha value is -1.84. The summed E-state index contributed by atoms with van der Waals surface area (Å²) in [5, 5.41) is 0.856. The van der Waals surface area contributed by atoms with Crippen LogP contribution in [0.3, 0.4) is 0 Å². The topological polar surface area (TPSA) is 46.5 Å². The Morgan fingerprint density at radius 2 is 2.07 bits per heavy atom. The van der Waals surface area contributed by atoms with Crippen LogP contribution < -0.4 is 10.6 Å². The van der Waals surface area contributed by atoms with Gasteiger partial charge in [0, 0.05) is 5.22 Å². The highest BCUT2D eigenvalue weighted by molar-refractivity contribution is 6.08. The molecule has 1 aromatic carbocycles. The first-order chi connectivity index (χ1) is 6.65. The SMILES string of the molecule is O=CC1(F)C=c2ccccc2=NC1=O. The van der Waals surface area contributed by atoms with Crippen LogP contribution in [0.2, 0.25) is 0 Å². The van der Waals surface area contributed by atoms with Crippen molar-refractivity contribution in [3.63, 3.8) is 0 Å². The van der Waals surface area contributed by atoms with Crippen molar-refractivity contribution in [2.45, 2.75) is 5.67 Å². The molecule has 1 aromatic rings. The molecule has 0 spiro atoms. The molecule has 1 unspecified atom stereocenters. The second kappa shape index (κ2) is 2.83. The molecule has 0 aliphatic carbocycles. The molecule has 0 radical (unpaired) electrons. The molecule has 3 nitrogen and oxygen atoms in total. The quantitative estimate of drug-likeness (QED) is 0.445. The van der Waals surface area contributed by atoms with Gasteiger partial charge in [0.15, 0.2) is 6.29 Å². The number of fused-ring (bicyclic) bond motifs is 1. The molecule has 0 saturated heterocycles. The first-order valence-electron chi connectivity index (χ1n) is 4.02. The Bertz CT molecular complexity index is 523. The monoisotopic (exact) mass is 191 g/mol. The second-order valence-corrected chi connectivity index (χ2v) is 3.01. The molecule has 1 heterocycles. The molecule has 1 aliphatic heterocycles. The first-order valence-corrected chi connectivity index (χ1v) is 4.02. The lowest BCUT2D eigenvalue weighted by Crippen LogP contribution is -2.43. The van der Waals surface area contributed by atoms with E-state index >= 15 is 0 Å². The number of hydrogen-bond acceptors (Lipinski definition) is 2. The van der Waals surface area contributed by atoms with Gasteiger partial charge in [-0.2, -0.15) is 0 Å². The highest BCUT2D eigenvalue weighted by Crippen LogP contribution is 2.13. The van der Waals surface area contributed by atoms with Crippen molar-refractivity contribution in [1.29, 1.82) is 0 Å². The fraction of sp³-hybridized carbons (Fsp3) is 0.100. The molecule has 0 saturated carbocycles. The van der Waals surface area contributed by atoms with Crippen LogP contribution in [-0.2, 0) is 9.59 Å². The molecule has 70 valence electrons. The molecule has 0 fully saturated rings. The van der Waals surface area contributed by atoms with Crippen LogP contribution in [0.4, 0.5) is 4.39 Å². The number of hydrogen-bond donors (Lipinski definition) is 0. The normalized spacial score (nSPS) is 24.5. The molecule has 0 bridgehead atoms. The maximum absolute atomic E-state index is 13.5. The van der Waals surface area contributed by atoms with Crippen molar-refractivity contribution in [1.82, 2.24) is 0 Å². The van der Waals surface area contributed by atoms with Gasteiger partial charge < -0.3 is 0 Å². The van der Waals surface area contributed by atoms with Crippen molar-refractivity contribution < 1.29 is 14.0 Å². The summed E-state index contributed by atoms with van der Waals surface area (Å²) in [4.78, 5) is 25.0. The van der Waals surface area contributed by atoms with Crippen LogP contribution >= 0.6 is 0 Å². The van der Waals surface area contributed by atoms with Gasteiger partial charge in [-0.15, -0.1) is 0 Å². The Kier molecular flexibility index (Phi) is 1.77. The van der Waals surface area contributed by atoms with Crippen LogP contribution in [0.15, 0.2) is 29.3 Å². The minimum atomic E-state index is -2.59. The highest BCUT2D eigenvalue weighted by atomic mass is 19.1. The van der Waals surface area contributed by atoms with Crippen LogP contribution in [-0.4, -0.2) is 17.9 Å². The fourth-order valence-corrected chi connectivity index (χ4v) is 1.28. The predicted molar refractivity (Wildman–Crippen MR) is 46.6 cm³/mol. The Morgan fingerprint density at radius 1 is 1.36 bits per heavy atom. The average molecular weight is 191 g/mol.